The van der Waals surface area contributed by atoms with Crippen LogP contribution in [0, 0.1) is 5.92 Å². The second-order valence-electron chi connectivity index (χ2n) is 7.23. The lowest BCUT2D eigenvalue weighted by Crippen LogP contribution is -2.39. The number of rotatable bonds is 7. The number of sulfonamides is 1. The van der Waals surface area contributed by atoms with Gasteiger partial charge in [-0.1, -0.05) is 42.5 Å². The number of methoxy groups -OCH3 is 1. The summed E-state index contributed by atoms with van der Waals surface area (Å²) < 4.78 is 36.5. The molecule has 0 aromatic heterocycles. The molecule has 2 aromatic carbocycles. The third-order valence-electron chi connectivity index (χ3n) is 5.14. The molecule has 31 heavy (non-hydrogen) atoms. The molecule has 0 N–H and O–H groups in total. The number of piperidine rings is 1. The monoisotopic (exact) mass is 443 g/mol. The summed E-state index contributed by atoms with van der Waals surface area (Å²) in [6, 6.07) is 15.8. The standard InChI is InChI=1S/C23H25NO6S/c1-29-22(25)20-9-7-19(8-10-20)17-30-23(26)21-11-14-24(15-12-21)31(27,28)16-13-18-5-3-2-4-6-18/h2-10,13,16,21H,11-12,14-15,17H2,1H3. The van der Waals surface area contributed by atoms with E-state index in [9.17, 15) is 18.0 Å². The van der Waals surface area contributed by atoms with Crippen LogP contribution in [-0.4, -0.2) is 44.9 Å². The number of nitrogens with zero attached hydrogens (tertiary/aromatic N) is 1. The number of hydrogen-bond acceptors (Lipinski definition) is 6. The van der Waals surface area contributed by atoms with Gasteiger partial charge >= 0.3 is 11.9 Å². The first-order valence-electron chi connectivity index (χ1n) is 9.96. The Morgan fingerprint density at radius 1 is 1.03 bits per heavy atom. The number of hydrogen-bond donors (Lipinski definition) is 0. The first-order valence-corrected chi connectivity index (χ1v) is 11.5. The summed E-state index contributed by atoms with van der Waals surface area (Å²) in [6.07, 6.45) is 2.40. The minimum absolute atomic E-state index is 0.0958. The van der Waals surface area contributed by atoms with Crippen LogP contribution in [0.25, 0.3) is 6.08 Å². The Hall–Kier alpha value is -2.97. The van der Waals surface area contributed by atoms with Gasteiger partial charge < -0.3 is 9.47 Å². The Bertz CT molecular complexity index is 1020. The van der Waals surface area contributed by atoms with E-state index < -0.39 is 16.0 Å². The molecular formula is C23H25NO6S. The van der Waals surface area contributed by atoms with Crippen LogP contribution >= 0.6 is 0 Å². The molecule has 1 heterocycles. The topological polar surface area (TPSA) is 90.0 Å². The zero-order chi connectivity index (χ0) is 22.3. The van der Waals surface area contributed by atoms with Crippen LogP contribution in [0.3, 0.4) is 0 Å². The van der Waals surface area contributed by atoms with E-state index in [0.29, 0.717) is 18.4 Å². The quantitative estimate of drug-likeness (QED) is 0.611. The van der Waals surface area contributed by atoms with Crippen LogP contribution in [0.5, 0.6) is 0 Å². The van der Waals surface area contributed by atoms with Crippen LogP contribution in [0.15, 0.2) is 60.0 Å². The van der Waals surface area contributed by atoms with Gasteiger partial charge in [-0.25, -0.2) is 13.2 Å². The summed E-state index contributed by atoms with van der Waals surface area (Å²) in [5.41, 5.74) is 1.99. The molecule has 1 saturated heterocycles. The van der Waals surface area contributed by atoms with Gasteiger partial charge in [-0.05, 0) is 42.2 Å². The Labute approximate surface area is 182 Å². The van der Waals surface area contributed by atoms with Crippen molar-refractivity contribution in [2.24, 2.45) is 5.92 Å². The molecule has 164 valence electrons. The number of carbonyl (C=O) groups is 2. The average Bonchev–Trinajstić information content (AvgIpc) is 2.82. The first-order chi connectivity index (χ1) is 14.9. The summed E-state index contributed by atoms with van der Waals surface area (Å²) >= 11 is 0. The third-order valence-corrected chi connectivity index (χ3v) is 6.70. The smallest absolute Gasteiger partial charge is 0.337 e. The van der Waals surface area contributed by atoms with E-state index in [2.05, 4.69) is 4.74 Å². The maximum absolute atomic E-state index is 12.5. The molecule has 1 aliphatic rings. The normalized spacial score (nSPS) is 15.6. The second kappa shape index (κ2) is 10.4. The van der Waals surface area contributed by atoms with Crippen molar-refractivity contribution in [2.75, 3.05) is 20.2 Å². The largest absolute Gasteiger partial charge is 0.465 e. The first kappa shape index (κ1) is 22.7. The van der Waals surface area contributed by atoms with Crippen molar-refractivity contribution in [1.29, 1.82) is 0 Å². The molecule has 1 fully saturated rings. The lowest BCUT2D eigenvalue weighted by atomic mass is 9.98. The molecule has 0 saturated carbocycles. The van der Waals surface area contributed by atoms with Crippen molar-refractivity contribution in [3.05, 3.63) is 76.7 Å². The van der Waals surface area contributed by atoms with E-state index in [1.165, 1.54) is 16.8 Å². The maximum Gasteiger partial charge on any atom is 0.337 e. The number of esters is 2. The van der Waals surface area contributed by atoms with Crippen LogP contribution in [0.1, 0.15) is 34.3 Å². The minimum atomic E-state index is -3.54. The zero-order valence-corrected chi connectivity index (χ0v) is 18.1. The third kappa shape index (κ3) is 6.26. The fourth-order valence-corrected chi connectivity index (χ4v) is 4.51. The lowest BCUT2D eigenvalue weighted by molar-refractivity contribution is -0.151. The lowest BCUT2D eigenvalue weighted by Gasteiger charge is -2.29. The van der Waals surface area contributed by atoms with E-state index in [1.807, 2.05) is 30.3 Å². The maximum atomic E-state index is 12.5. The molecule has 0 unspecified atom stereocenters. The van der Waals surface area contributed by atoms with E-state index in [0.717, 1.165) is 11.1 Å². The van der Waals surface area contributed by atoms with Crippen molar-refractivity contribution in [3.8, 4) is 0 Å². The van der Waals surface area contributed by atoms with E-state index in [4.69, 9.17) is 4.74 Å². The highest BCUT2D eigenvalue weighted by atomic mass is 32.2. The molecule has 1 aliphatic heterocycles. The van der Waals surface area contributed by atoms with Gasteiger partial charge in [0, 0.05) is 18.5 Å². The Balaban J connectivity index is 1.48. The molecule has 3 rings (SSSR count). The fraction of sp³-hybridized carbons (Fsp3) is 0.304. The van der Waals surface area contributed by atoms with Crippen molar-refractivity contribution in [3.63, 3.8) is 0 Å². The summed E-state index contributed by atoms with van der Waals surface area (Å²) in [5, 5.41) is 1.21. The number of carbonyl (C=O) groups excluding carboxylic acids is 2. The van der Waals surface area contributed by atoms with Crippen LogP contribution in [-0.2, 0) is 30.9 Å². The van der Waals surface area contributed by atoms with Crippen molar-refractivity contribution in [1.82, 2.24) is 4.31 Å². The predicted molar refractivity (Wildman–Crippen MR) is 116 cm³/mol. The van der Waals surface area contributed by atoms with Crippen molar-refractivity contribution in [2.45, 2.75) is 19.4 Å². The Morgan fingerprint density at radius 2 is 1.68 bits per heavy atom. The highest BCUT2D eigenvalue weighted by Crippen LogP contribution is 2.22. The van der Waals surface area contributed by atoms with Gasteiger partial charge in [0.05, 0.1) is 18.6 Å². The predicted octanol–water partition coefficient (Wildman–Crippen LogP) is 3.23. The van der Waals surface area contributed by atoms with Crippen molar-refractivity contribution >= 4 is 28.0 Å². The van der Waals surface area contributed by atoms with Gasteiger partial charge in [0.15, 0.2) is 0 Å². The fourth-order valence-electron chi connectivity index (χ4n) is 3.29. The number of benzene rings is 2. The van der Waals surface area contributed by atoms with Gasteiger partial charge in [0.2, 0.25) is 10.0 Å². The molecule has 2 aromatic rings. The summed E-state index contributed by atoms with van der Waals surface area (Å²) in [5.74, 6) is -1.10. The summed E-state index contributed by atoms with van der Waals surface area (Å²) in [6.45, 7) is 0.642. The van der Waals surface area contributed by atoms with E-state index in [1.54, 1.807) is 30.3 Å². The van der Waals surface area contributed by atoms with E-state index in [-0.39, 0.29) is 31.6 Å². The highest BCUT2D eigenvalue weighted by molar-refractivity contribution is 7.92. The molecule has 0 amide bonds. The zero-order valence-electron chi connectivity index (χ0n) is 17.3. The molecule has 7 nitrogen and oxygen atoms in total. The van der Waals surface area contributed by atoms with Gasteiger partial charge in [-0.2, -0.15) is 4.31 Å². The second-order valence-corrected chi connectivity index (χ2v) is 9.05. The van der Waals surface area contributed by atoms with Crippen LogP contribution in [0.4, 0.5) is 0 Å². The molecule has 0 radical (unpaired) electrons. The highest BCUT2D eigenvalue weighted by Gasteiger charge is 2.30. The molecular weight excluding hydrogens is 418 g/mol. The molecule has 0 atom stereocenters. The van der Waals surface area contributed by atoms with Gasteiger partial charge in [0.1, 0.15) is 6.61 Å². The molecule has 8 heteroatoms. The van der Waals surface area contributed by atoms with Gasteiger partial charge in [-0.3, -0.25) is 4.79 Å². The molecule has 0 spiro atoms. The summed E-state index contributed by atoms with van der Waals surface area (Å²) in [4.78, 5) is 23.8. The summed E-state index contributed by atoms with van der Waals surface area (Å²) in [7, 11) is -2.22. The molecule has 0 aliphatic carbocycles. The van der Waals surface area contributed by atoms with Crippen molar-refractivity contribution < 1.29 is 27.5 Å². The van der Waals surface area contributed by atoms with Gasteiger partial charge in [-0.15, -0.1) is 0 Å². The SMILES string of the molecule is COC(=O)c1ccc(COC(=O)C2CCN(S(=O)(=O)C=Cc3ccccc3)CC2)cc1. The average molecular weight is 444 g/mol. The van der Waals surface area contributed by atoms with Crippen LogP contribution < -0.4 is 0 Å². The van der Waals surface area contributed by atoms with Crippen LogP contribution in [0.2, 0.25) is 0 Å². The molecule has 0 bridgehead atoms. The Kier molecular flexibility index (Phi) is 7.59. The van der Waals surface area contributed by atoms with E-state index >= 15 is 0 Å². The van der Waals surface area contributed by atoms with Gasteiger partial charge in [0.25, 0.3) is 0 Å². The minimum Gasteiger partial charge on any atom is -0.465 e. The number of ether oxygens (including phenoxy) is 2. The Morgan fingerprint density at radius 3 is 2.29 bits per heavy atom.